The first-order valence-electron chi connectivity index (χ1n) is 5.28. The van der Waals surface area contributed by atoms with Gasteiger partial charge in [-0.2, -0.15) is 0 Å². The van der Waals surface area contributed by atoms with Gasteiger partial charge in [-0.3, -0.25) is 0 Å². The minimum atomic E-state index is 0.489. The van der Waals surface area contributed by atoms with Crippen molar-refractivity contribution in [2.75, 3.05) is 14.2 Å². The zero-order chi connectivity index (χ0) is 13.1. The summed E-state index contributed by atoms with van der Waals surface area (Å²) >= 11 is 13.7. The minimum absolute atomic E-state index is 0.489. The molecule has 0 atom stereocenters. The van der Waals surface area contributed by atoms with Gasteiger partial charge in [-0.25, -0.2) is 4.98 Å². The predicted octanol–water partition coefficient (Wildman–Crippen LogP) is 3.84. The molecule has 1 aromatic heterocycles. The summed E-state index contributed by atoms with van der Waals surface area (Å²) in [7, 11) is 3.47. The number of hydrogen-bond donors (Lipinski definition) is 1. The van der Waals surface area contributed by atoms with Crippen molar-refractivity contribution < 1.29 is 4.74 Å². The van der Waals surface area contributed by atoms with Crippen molar-refractivity contribution in [2.24, 2.45) is 0 Å². The van der Waals surface area contributed by atoms with Gasteiger partial charge in [0.25, 0.3) is 0 Å². The molecule has 0 amide bonds. The number of methoxy groups -OCH3 is 1. The van der Waals surface area contributed by atoms with Gasteiger partial charge >= 0.3 is 0 Å². The Morgan fingerprint density at radius 2 is 2.17 bits per heavy atom. The number of hydrogen-bond acceptors (Lipinski definition) is 4. The molecule has 0 bridgehead atoms. The molecule has 3 nitrogen and oxygen atoms in total. The van der Waals surface area contributed by atoms with Gasteiger partial charge in [0.15, 0.2) is 0 Å². The van der Waals surface area contributed by atoms with E-state index in [1.165, 1.54) is 0 Å². The van der Waals surface area contributed by atoms with E-state index in [1.54, 1.807) is 24.5 Å². The van der Waals surface area contributed by atoms with Crippen LogP contribution in [-0.2, 0) is 6.54 Å². The molecule has 0 aliphatic rings. The van der Waals surface area contributed by atoms with Crippen LogP contribution in [0.4, 0.5) is 0 Å². The predicted molar refractivity (Wildman–Crippen MR) is 76.9 cm³/mol. The van der Waals surface area contributed by atoms with Gasteiger partial charge in [-0.1, -0.05) is 23.2 Å². The van der Waals surface area contributed by atoms with Crippen molar-refractivity contribution in [3.63, 3.8) is 0 Å². The van der Waals surface area contributed by atoms with Gasteiger partial charge in [0.05, 0.1) is 17.8 Å². The Balaban J connectivity index is 2.48. The number of nitrogens with zero attached hydrogens (tertiary/aromatic N) is 1. The normalized spacial score (nSPS) is 10.7. The van der Waals surface area contributed by atoms with Crippen molar-refractivity contribution in [3.8, 4) is 17.0 Å². The van der Waals surface area contributed by atoms with Gasteiger partial charge in [0.2, 0.25) is 0 Å². The van der Waals surface area contributed by atoms with E-state index in [2.05, 4.69) is 10.3 Å². The van der Waals surface area contributed by atoms with Gasteiger partial charge in [0.1, 0.15) is 10.8 Å². The lowest BCUT2D eigenvalue weighted by molar-refractivity contribution is 0.416. The fourth-order valence-electron chi connectivity index (χ4n) is 1.63. The molecule has 0 saturated heterocycles. The standard InChI is InChI=1S/C12H12Cl2N2OS/c1-15-5-11-16-10(6-18-11)8-3-7(13)4-9(14)12(8)17-2/h3-4,6,15H,5H2,1-2H3. The summed E-state index contributed by atoms with van der Waals surface area (Å²) in [4.78, 5) is 4.52. The largest absolute Gasteiger partial charge is 0.494 e. The quantitative estimate of drug-likeness (QED) is 0.931. The fourth-order valence-corrected chi connectivity index (χ4v) is 3.00. The number of nitrogens with one attached hydrogen (secondary N) is 1. The van der Waals surface area contributed by atoms with E-state index >= 15 is 0 Å². The van der Waals surface area contributed by atoms with E-state index in [9.17, 15) is 0 Å². The summed E-state index contributed by atoms with van der Waals surface area (Å²) < 4.78 is 5.31. The van der Waals surface area contributed by atoms with Crippen LogP contribution >= 0.6 is 34.5 Å². The molecular formula is C12H12Cl2N2OS. The molecule has 18 heavy (non-hydrogen) atoms. The second-order valence-corrected chi connectivity index (χ2v) is 5.41. The molecule has 0 spiro atoms. The molecule has 2 aromatic rings. The van der Waals surface area contributed by atoms with E-state index in [4.69, 9.17) is 27.9 Å². The van der Waals surface area contributed by atoms with E-state index in [0.717, 1.165) is 22.8 Å². The van der Waals surface area contributed by atoms with Crippen LogP contribution in [0, 0.1) is 0 Å². The molecule has 1 heterocycles. The fraction of sp³-hybridized carbons (Fsp3) is 0.250. The van der Waals surface area contributed by atoms with E-state index in [1.807, 2.05) is 18.5 Å². The maximum absolute atomic E-state index is 6.11. The van der Waals surface area contributed by atoms with Crippen LogP contribution in [0.5, 0.6) is 5.75 Å². The number of aromatic nitrogens is 1. The molecule has 0 aliphatic carbocycles. The van der Waals surface area contributed by atoms with Crippen LogP contribution in [0.2, 0.25) is 10.0 Å². The van der Waals surface area contributed by atoms with E-state index in [0.29, 0.717) is 15.8 Å². The molecule has 2 rings (SSSR count). The average molecular weight is 303 g/mol. The third-order valence-corrected chi connectivity index (χ3v) is 3.72. The number of benzene rings is 1. The molecule has 0 fully saturated rings. The highest BCUT2D eigenvalue weighted by molar-refractivity contribution is 7.09. The maximum atomic E-state index is 6.11. The summed E-state index contributed by atoms with van der Waals surface area (Å²) in [6.07, 6.45) is 0. The summed E-state index contributed by atoms with van der Waals surface area (Å²) in [5, 5.41) is 7.10. The van der Waals surface area contributed by atoms with Crippen LogP contribution < -0.4 is 10.1 Å². The van der Waals surface area contributed by atoms with Crippen molar-refractivity contribution >= 4 is 34.5 Å². The van der Waals surface area contributed by atoms with Crippen LogP contribution in [0.25, 0.3) is 11.3 Å². The molecule has 96 valence electrons. The second-order valence-electron chi connectivity index (χ2n) is 3.63. The molecule has 0 radical (unpaired) electrons. The summed E-state index contributed by atoms with van der Waals surface area (Å²) in [6.45, 7) is 0.737. The first-order chi connectivity index (χ1) is 8.65. The Morgan fingerprint density at radius 1 is 1.39 bits per heavy atom. The summed E-state index contributed by atoms with van der Waals surface area (Å²) in [6, 6.07) is 3.47. The van der Waals surface area contributed by atoms with Crippen molar-refractivity contribution in [1.82, 2.24) is 10.3 Å². The van der Waals surface area contributed by atoms with E-state index < -0.39 is 0 Å². The lowest BCUT2D eigenvalue weighted by Crippen LogP contribution is -2.04. The molecule has 0 unspecified atom stereocenters. The highest BCUT2D eigenvalue weighted by atomic mass is 35.5. The Kier molecular flexibility index (Phi) is 4.45. The highest BCUT2D eigenvalue weighted by Gasteiger charge is 2.14. The molecule has 0 saturated carbocycles. The van der Waals surface area contributed by atoms with Crippen molar-refractivity contribution in [3.05, 3.63) is 32.6 Å². The third kappa shape index (κ3) is 2.78. The SMILES string of the molecule is CNCc1nc(-c2cc(Cl)cc(Cl)c2OC)cs1. The maximum Gasteiger partial charge on any atom is 0.146 e. The zero-order valence-corrected chi connectivity index (χ0v) is 12.3. The molecule has 0 aliphatic heterocycles. The lowest BCUT2D eigenvalue weighted by Gasteiger charge is -2.09. The first kappa shape index (κ1) is 13.6. The topological polar surface area (TPSA) is 34.2 Å². The Labute approximate surface area is 120 Å². The number of halogens is 2. The molecule has 6 heteroatoms. The third-order valence-electron chi connectivity index (χ3n) is 2.37. The smallest absolute Gasteiger partial charge is 0.146 e. The number of rotatable bonds is 4. The lowest BCUT2D eigenvalue weighted by atomic mass is 10.1. The molecular weight excluding hydrogens is 291 g/mol. The molecule has 1 aromatic carbocycles. The minimum Gasteiger partial charge on any atom is -0.494 e. The summed E-state index contributed by atoms with van der Waals surface area (Å²) in [5.41, 5.74) is 1.64. The first-order valence-corrected chi connectivity index (χ1v) is 6.91. The van der Waals surface area contributed by atoms with Crippen LogP contribution in [0.3, 0.4) is 0 Å². The monoisotopic (exact) mass is 302 g/mol. The van der Waals surface area contributed by atoms with E-state index in [-0.39, 0.29) is 0 Å². The molecule has 1 N–H and O–H groups in total. The average Bonchev–Trinajstić information content (AvgIpc) is 2.77. The van der Waals surface area contributed by atoms with Crippen LogP contribution in [-0.4, -0.2) is 19.1 Å². The summed E-state index contributed by atoms with van der Waals surface area (Å²) in [5.74, 6) is 0.599. The van der Waals surface area contributed by atoms with Gasteiger partial charge in [-0.05, 0) is 19.2 Å². The number of thiazole rings is 1. The van der Waals surface area contributed by atoms with Crippen molar-refractivity contribution in [2.45, 2.75) is 6.54 Å². The Morgan fingerprint density at radius 3 is 2.83 bits per heavy atom. The highest BCUT2D eigenvalue weighted by Crippen LogP contribution is 2.38. The van der Waals surface area contributed by atoms with Gasteiger partial charge in [0, 0.05) is 22.5 Å². The number of ether oxygens (including phenoxy) is 1. The van der Waals surface area contributed by atoms with Crippen LogP contribution in [0.15, 0.2) is 17.5 Å². The van der Waals surface area contributed by atoms with Crippen LogP contribution in [0.1, 0.15) is 5.01 Å². The van der Waals surface area contributed by atoms with Gasteiger partial charge < -0.3 is 10.1 Å². The Hall–Kier alpha value is -0.810. The van der Waals surface area contributed by atoms with Crippen molar-refractivity contribution in [1.29, 1.82) is 0 Å². The second kappa shape index (κ2) is 5.89. The Bertz CT molecular complexity index is 557. The zero-order valence-electron chi connectivity index (χ0n) is 9.96. The van der Waals surface area contributed by atoms with Gasteiger partial charge in [-0.15, -0.1) is 11.3 Å².